The summed E-state index contributed by atoms with van der Waals surface area (Å²) in [6, 6.07) is 12.4. The Hall–Kier alpha value is -2.69. The summed E-state index contributed by atoms with van der Waals surface area (Å²) in [5.74, 6) is -1.12. The highest BCUT2D eigenvalue weighted by atomic mass is 16.4. The second-order valence-electron chi connectivity index (χ2n) is 4.71. The SMILES string of the molecule is Cc1cccc(C(=O)Nc2cccc(CCC(=O)O)c2)n1. The van der Waals surface area contributed by atoms with Gasteiger partial charge in [0, 0.05) is 17.8 Å². The van der Waals surface area contributed by atoms with Gasteiger partial charge in [0.05, 0.1) is 0 Å². The van der Waals surface area contributed by atoms with Gasteiger partial charge in [0.2, 0.25) is 0 Å². The first kappa shape index (κ1) is 14.7. The Morgan fingerprint density at radius 3 is 2.67 bits per heavy atom. The van der Waals surface area contributed by atoms with E-state index in [1.165, 1.54) is 0 Å². The van der Waals surface area contributed by atoms with Gasteiger partial charge in [-0.05, 0) is 43.2 Å². The van der Waals surface area contributed by atoms with Crippen LogP contribution in [0.5, 0.6) is 0 Å². The van der Waals surface area contributed by atoms with Crippen LogP contribution in [0.3, 0.4) is 0 Å². The van der Waals surface area contributed by atoms with Crippen LogP contribution in [0, 0.1) is 6.92 Å². The molecule has 0 atom stereocenters. The predicted molar refractivity (Wildman–Crippen MR) is 79.3 cm³/mol. The fraction of sp³-hybridized carbons (Fsp3) is 0.188. The predicted octanol–water partition coefficient (Wildman–Crippen LogP) is 2.66. The van der Waals surface area contributed by atoms with Gasteiger partial charge in [-0.2, -0.15) is 0 Å². The van der Waals surface area contributed by atoms with E-state index in [-0.39, 0.29) is 12.3 Å². The molecule has 0 aliphatic carbocycles. The fourth-order valence-corrected chi connectivity index (χ4v) is 1.92. The molecule has 1 aromatic carbocycles. The van der Waals surface area contributed by atoms with E-state index >= 15 is 0 Å². The summed E-state index contributed by atoms with van der Waals surface area (Å²) in [6.07, 6.45) is 0.499. The summed E-state index contributed by atoms with van der Waals surface area (Å²) in [7, 11) is 0. The van der Waals surface area contributed by atoms with E-state index in [4.69, 9.17) is 5.11 Å². The van der Waals surface area contributed by atoms with Crippen LogP contribution >= 0.6 is 0 Å². The number of nitrogens with one attached hydrogen (secondary N) is 1. The maximum Gasteiger partial charge on any atom is 0.303 e. The first-order valence-corrected chi connectivity index (χ1v) is 6.60. The van der Waals surface area contributed by atoms with Crippen molar-refractivity contribution in [3.8, 4) is 0 Å². The lowest BCUT2D eigenvalue weighted by Crippen LogP contribution is -2.14. The lowest BCUT2D eigenvalue weighted by atomic mass is 10.1. The maximum absolute atomic E-state index is 12.1. The molecular weight excluding hydrogens is 268 g/mol. The summed E-state index contributed by atoms with van der Waals surface area (Å²) in [5, 5.41) is 11.5. The van der Waals surface area contributed by atoms with Crippen LogP contribution in [0.25, 0.3) is 0 Å². The molecule has 0 aliphatic heterocycles. The number of hydrogen-bond donors (Lipinski definition) is 2. The molecule has 5 heteroatoms. The number of carboxylic acids is 1. The summed E-state index contributed by atoms with van der Waals surface area (Å²) >= 11 is 0. The molecule has 1 heterocycles. The molecule has 1 aromatic heterocycles. The average Bonchev–Trinajstić information content (AvgIpc) is 2.45. The molecule has 0 radical (unpaired) electrons. The molecule has 2 rings (SSSR count). The fourth-order valence-electron chi connectivity index (χ4n) is 1.92. The summed E-state index contributed by atoms with van der Waals surface area (Å²) in [5.41, 5.74) is 2.63. The van der Waals surface area contributed by atoms with Crippen LogP contribution in [-0.2, 0) is 11.2 Å². The highest BCUT2D eigenvalue weighted by molar-refractivity contribution is 6.02. The van der Waals surface area contributed by atoms with Crippen LogP contribution in [0.15, 0.2) is 42.5 Å². The van der Waals surface area contributed by atoms with Crippen molar-refractivity contribution in [3.05, 3.63) is 59.4 Å². The molecular formula is C16H16N2O3. The minimum Gasteiger partial charge on any atom is -0.481 e. The van der Waals surface area contributed by atoms with Gasteiger partial charge in [0.1, 0.15) is 5.69 Å². The van der Waals surface area contributed by atoms with Gasteiger partial charge in [-0.3, -0.25) is 9.59 Å². The maximum atomic E-state index is 12.1. The zero-order chi connectivity index (χ0) is 15.2. The van der Waals surface area contributed by atoms with Crippen molar-refractivity contribution in [3.63, 3.8) is 0 Å². The Balaban J connectivity index is 2.07. The summed E-state index contributed by atoms with van der Waals surface area (Å²) in [4.78, 5) is 26.8. The highest BCUT2D eigenvalue weighted by Crippen LogP contribution is 2.13. The van der Waals surface area contributed by atoms with Crippen molar-refractivity contribution in [1.82, 2.24) is 4.98 Å². The molecule has 1 amide bonds. The number of amides is 1. The monoisotopic (exact) mass is 284 g/mol. The summed E-state index contributed by atoms with van der Waals surface area (Å²) in [6.45, 7) is 1.82. The molecule has 0 saturated carbocycles. The van der Waals surface area contributed by atoms with E-state index in [1.54, 1.807) is 30.3 Å². The number of carbonyl (C=O) groups excluding carboxylic acids is 1. The van der Waals surface area contributed by atoms with E-state index in [2.05, 4.69) is 10.3 Å². The Bertz CT molecular complexity index is 668. The van der Waals surface area contributed by atoms with E-state index in [9.17, 15) is 9.59 Å². The number of aryl methyl sites for hydroxylation is 2. The number of benzene rings is 1. The number of anilines is 1. The number of carbonyl (C=O) groups is 2. The largest absolute Gasteiger partial charge is 0.481 e. The van der Waals surface area contributed by atoms with Crippen LogP contribution in [0.4, 0.5) is 5.69 Å². The molecule has 0 bridgehead atoms. The van der Waals surface area contributed by atoms with Crippen molar-refractivity contribution in [2.45, 2.75) is 19.8 Å². The van der Waals surface area contributed by atoms with Gasteiger partial charge < -0.3 is 10.4 Å². The van der Waals surface area contributed by atoms with Gasteiger partial charge in [-0.1, -0.05) is 18.2 Å². The molecule has 0 fully saturated rings. The number of carboxylic acid groups (broad SMARTS) is 1. The number of nitrogens with zero attached hydrogens (tertiary/aromatic N) is 1. The third kappa shape index (κ3) is 4.42. The van der Waals surface area contributed by atoms with Crippen LogP contribution in [0.2, 0.25) is 0 Å². The molecule has 0 unspecified atom stereocenters. The molecule has 2 aromatic rings. The number of hydrogen-bond acceptors (Lipinski definition) is 3. The number of pyridine rings is 1. The Kier molecular flexibility index (Phi) is 4.66. The van der Waals surface area contributed by atoms with Crippen molar-refractivity contribution < 1.29 is 14.7 Å². The van der Waals surface area contributed by atoms with Crippen molar-refractivity contribution in [1.29, 1.82) is 0 Å². The lowest BCUT2D eigenvalue weighted by Gasteiger charge is -2.07. The zero-order valence-electron chi connectivity index (χ0n) is 11.7. The van der Waals surface area contributed by atoms with Gasteiger partial charge in [0.25, 0.3) is 5.91 Å². The quantitative estimate of drug-likeness (QED) is 0.884. The molecule has 21 heavy (non-hydrogen) atoms. The first-order valence-electron chi connectivity index (χ1n) is 6.60. The van der Waals surface area contributed by atoms with Crippen LogP contribution in [0.1, 0.15) is 28.2 Å². The Labute approximate surface area is 122 Å². The molecule has 0 spiro atoms. The van der Waals surface area contributed by atoms with Gasteiger partial charge in [0.15, 0.2) is 0 Å². The van der Waals surface area contributed by atoms with E-state index in [0.29, 0.717) is 17.8 Å². The normalized spacial score (nSPS) is 10.1. The van der Waals surface area contributed by atoms with E-state index < -0.39 is 5.97 Å². The standard InChI is InChI=1S/C16H16N2O3/c1-11-4-2-7-14(17-11)16(21)18-13-6-3-5-12(10-13)8-9-15(19)20/h2-7,10H,8-9H2,1H3,(H,18,21)(H,19,20). The number of aromatic nitrogens is 1. The van der Waals surface area contributed by atoms with E-state index in [1.807, 2.05) is 19.1 Å². The van der Waals surface area contributed by atoms with Crippen molar-refractivity contribution in [2.24, 2.45) is 0 Å². The topological polar surface area (TPSA) is 79.3 Å². The number of rotatable bonds is 5. The van der Waals surface area contributed by atoms with Gasteiger partial charge in [-0.25, -0.2) is 4.98 Å². The second-order valence-corrected chi connectivity index (χ2v) is 4.71. The Morgan fingerprint density at radius 2 is 1.95 bits per heavy atom. The minimum absolute atomic E-state index is 0.0663. The summed E-state index contributed by atoms with van der Waals surface area (Å²) < 4.78 is 0. The zero-order valence-corrected chi connectivity index (χ0v) is 11.7. The minimum atomic E-state index is -0.839. The molecule has 108 valence electrons. The van der Waals surface area contributed by atoms with Gasteiger partial charge >= 0.3 is 5.97 Å². The van der Waals surface area contributed by atoms with Crippen LogP contribution < -0.4 is 5.32 Å². The van der Waals surface area contributed by atoms with Crippen LogP contribution in [-0.4, -0.2) is 22.0 Å². The van der Waals surface area contributed by atoms with Gasteiger partial charge in [-0.15, -0.1) is 0 Å². The third-order valence-corrected chi connectivity index (χ3v) is 2.93. The van der Waals surface area contributed by atoms with E-state index in [0.717, 1.165) is 11.3 Å². The highest BCUT2D eigenvalue weighted by Gasteiger charge is 2.08. The lowest BCUT2D eigenvalue weighted by molar-refractivity contribution is -0.136. The average molecular weight is 284 g/mol. The first-order chi connectivity index (χ1) is 10.0. The molecule has 0 aliphatic rings. The molecule has 2 N–H and O–H groups in total. The van der Waals surface area contributed by atoms with Crippen molar-refractivity contribution in [2.75, 3.05) is 5.32 Å². The molecule has 5 nitrogen and oxygen atoms in total. The second kappa shape index (κ2) is 6.65. The molecule has 0 saturated heterocycles. The smallest absolute Gasteiger partial charge is 0.303 e. The third-order valence-electron chi connectivity index (χ3n) is 2.93. The van der Waals surface area contributed by atoms with Crippen molar-refractivity contribution >= 4 is 17.6 Å². The number of aliphatic carboxylic acids is 1. The Morgan fingerprint density at radius 1 is 1.19 bits per heavy atom.